The van der Waals surface area contributed by atoms with E-state index in [1.54, 1.807) is 0 Å². The zero-order valence-corrected chi connectivity index (χ0v) is 7.11. The molecule has 0 fully saturated rings. The van der Waals surface area contributed by atoms with Crippen LogP contribution in [0, 0.1) is 17.5 Å². The van der Waals surface area contributed by atoms with Crippen molar-refractivity contribution < 1.29 is 27.0 Å². The third kappa shape index (κ3) is 1.73. The van der Waals surface area contributed by atoms with E-state index in [9.17, 15) is 17.6 Å². The van der Waals surface area contributed by atoms with Crippen LogP contribution in [0.2, 0.25) is 0 Å². The second kappa shape index (κ2) is 4.17. The van der Waals surface area contributed by atoms with Crippen LogP contribution in [0.3, 0.4) is 0 Å². The van der Waals surface area contributed by atoms with E-state index in [1.165, 1.54) is 0 Å². The van der Waals surface area contributed by atoms with E-state index in [2.05, 4.69) is 9.47 Å². The number of methoxy groups -OCH3 is 1. The number of hydrogen-bond acceptors (Lipinski definition) is 2. The van der Waals surface area contributed by atoms with Gasteiger partial charge in [0, 0.05) is 6.07 Å². The predicted octanol–water partition coefficient (Wildman–Crippen LogP) is 2.42. The highest BCUT2D eigenvalue weighted by molar-refractivity contribution is 5.38. The largest absolute Gasteiger partial charge is 0.491 e. The van der Waals surface area contributed by atoms with Gasteiger partial charge in [-0.25, -0.2) is 13.2 Å². The first-order valence-electron chi connectivity index (χ1n) is 3.52. The van der Waals surface area contributed by atoms with Gasteiger partial charge < -0.3 is 9.47 Å². The lowest BCUT2D eigenvalue weighted by atomic mass is 10.3. The molecule has 0 aliphatic rings. The Morgan fingerprint density at radius 3 is 2.21 bits per heavy atom. The number of hydrogen-bond donors (Lipinski definition) is 0. The summed E-state index contributed by atoms with van der Waals surface area (Å²) >= 11 is 0. The second-order valence-electron chi connectivity index (χ2n) is 2.27. The van der Waals surface area contributed by atoms with Crippen LogP contribution in [0.15, 0.2) is 6.07 Å². The van der Waals surface area contributed by atoms with Gasteiger partial charge in [0.05, 0.1) is 7.11 Å². The first-order valence-corrected chi connectivity index (χ1v) is 3.52. The summed E-state index contributed by atoms with van der Waals surface area (Å²) in [5.41, 5.74) is 0. The molecule has 0 atom stereocenters. The quantitative estimate of drug-likeness (QED) is 0.713. The Kier molecular flexibility index (Phi) is 3.16. The molecule has 0 radical (unpaired) electrons. The molecule has 0 N–H and O–H groups in total. The molecule has 0 amide bonds. The molecular formula is C8H6F4O2. The van der Waals surface area contributed by atoms with Crippen LogP contribution in [0.4, 0.5) is 17.6 Å². The van der Waals surface area contributed by atoms with Gasteiger partial charge in [-0.15, -0.1) is 0 Å². The third-order valence-corrected chi connectivity index (χ3v) is 1.49. The number of alkyl halides is 1. The highest BCUT2D eigenvalue weighted by Crippen LogP contribution is 2.32. The molecule has 78 valence electrons. The normalized spacial score (nSPS) is 10.1. The highest BCUT2D eigenvalue weighted by Gasteiger charge is 2.20. The van der Waals surface area contributed by atoms with Crippen LogP contribution in [-0.4, -0.2) is 14.0 Å². The van der Waals surface area contributed by atoms with Crippen molar-refractivity contribution in [3.05, 3.63) is 23.5 Å². The molecule has 0 aliphatic carbocycles. The number of ether oxygens (including phenoxy) is 2. The molecule has 0 spiro atoms. The number of benzene rings is 1. The van der Waals surface area contributed by atoms with E-state index in [0.29, 0.717) is 6.07 Å². The van der Waals surface area contributed by atoms with Gasteiger partial charge in [0.25, 0.3) is 0 Å². The Labute approximate surface area is 77.1 Å². The SMILES string of the molecule is COc1c(F)cc(F)c(OCF)c1F. The summed E-state index contributed by atoms with van der Waals surface area (Å²) in [5, 5.41) is 0. The molecule has 6 heteroatoms. The zero-order valence-electron chi connectivity index (χ0n) is 7.11. The molecule has 0 aromatic heterocycles. The smallest absolute Gasteiger partial charge is 0.228 e. The fourth-order valence-corrected chi connectivity index (χ4v) is 0.929. The standard InChI is InChI=1S/C8H6F4O2/c1-13-7-4(10)2-5(11)8(6(7)12)14-3-9/h2H,3H2,1H3. The molecule has 0 aliphatic heterocycles. The monoisotopic (exact) mass is 210 g/mol. The molecule has 0 saturated heterocycles. The summed E-state index contributed by atoms with van der Waals surface area (Å²) in [6.45, 7) is -1.41. The summed E-state index contributed by atoms with van der Waals surface area (Å²) in [6, 6.07) is 0.354. The molecule has 0 saturated carbocycles. The third-order valence-electron chi connectivity index (χ3n) is 1.49. The Bertz CT molecular complexity index is 341. The lowest BCUT2D eigenvalue weighted by Gasteiger charge is -2.08. The second-order valence-corrected chi connectivity index (χ2v) is 2.27. The molecule has 14 heavy (non-hydrogen) atoms. The Balaban J connectivity index is 3.28. The van der Waals surface area contributed by atoms with E-state index >= 15 is 0 Å². The van der Waals surface area contributed by atoms with Crippen LogP contribution in [-0.2, 0) is 0 Å². The lowest BCUT2D eigenvalue weighted by molar-refractivity contribution is 0.173. The Hall–Kier alpha value is -1.46. The maximum atomic E-state index is 13.1. The average molecular weight is 210 g/mol. The van der Waals surface area contributed by atoms with E-state index in [1.807, 2.05) is 0 Å². The Morgan fingerprint density at radius 1 is 1.14 bits per heavy atom. The molecule has 1 rings (SSSR count). The minimum absolute atomic E-state index is 0.354. The lowest BCUT2D eigenvalue weighted by Crippen LogP contribution is -2.01. The van der Waals surface area contributed by atoms with Gasteiger partial charge in [-0.2, -0.15) is 4.39 Å². The summed E-state index contributed by atoms with van der Waals surface area (Å²) in [7, 11) is 0.999. The van der Waals surface area contributed by atoms with Crippen molar-refractivity contribution in [3.63, 3.8) is 0 Å². The van der Waals surface area contributed by atoms with E-state index < -0.39 is 35.8 Å². The molecule has 1 aromatic carbocycles. The molecule has 0 heterocycles. The van der Waals surface area contributed by atoms with Gasteiger partial charge in [0.2, 0.25) is 12.7 Å². The topological polar surface area (TPSA) is 18.5 Å². The first-order chi connectivity index (χ1) is 6.61. The molecular weight excluding hydrogens is 204 g/mol. The zero-order chi connectivity index (χ0) is 10.7. The van der Waals surface area contributed by atoms with Crippen LogP contribution in [0.25, 0.3) is 0 Å². The van der Waals surface area contributed by atoms with Gasteiger partial charge in [-0.3, -0.25) is 0 Å². The summed E-state index contributed by atoms with van der Waals surface area (Å²) in [4.78, 5) is 0. The van der Waals surface area contributed by atoms with Crippen molar-refractivity contribution in [3.8, 4) is 11.5 Å². The molecule has 1 aromatic rings. The van der Waals surface area contributed by atoms with Crippen molar-refractivity contribution in [1.29, 1.82) is 0 Å². The van der Waals surface area contributed by atoms with Gasteiger partial charge >= 0.3 is 0 Å². The van der Waals surface area contributed by atoms with Gasteiger partial charge in [-0.1, -0.05) is 0 Å². The van der Waals surface area contributed by atoms with Gasteiger partial charge in [0.1, 0.15) is 0 Å². The number of halogens is 4. The first kappa shape index (κ1) is 10.6. The maximum Gasteiger partial charge on any atom is 0.228 e. The van der Waals surface area contributed by atoms with Crippen molar-refractivity contribution in [2.75, 3.05) is 14.0 Å². The van der Waals surface area contributed by atoms with Crippen LogP contribution < -0.4 is 9.47 Å². The highest BCUT2D eigenvalue weighted by atomic mass is 19.2. The summed E-state index contributed by atoms with van der Waals surface area (Å²) in [6.07, 6.45) is 0. The number of rotatable bonds is 3. The maximum absolute atomic E-state index is 13.1. The van der Waals surface area contributed by atoms with Crippen molar-refractivity contribution in [1.82, 2.24) is 0 Å². The van der Waals surface area contributed by atoms with Crippen molar-refractivity contribution in [2.45, 2.75) is 0 Å². The minimum Gasteiger partial charge on any atom is -0.491 e. The minimum atomic E-state index is -1.41. The van der Waals surface area contributed by atoms with Crippen molar-refractivity contribution in [2.24, 2.45) is 0 Å². The molecule has 2 nitrogen and oxygen atoms in total. The molecule has 0 bridgehead atoms. The summed E-state index contributed by atoms with van der Waals surface area (Å²) in [5.74, 6) is -5.74. The van der Waals surface area contributed by atoms with Gasteiger partial charge in [0.15, 0.2) is 23.1 Å². The molecule has 0 unspecified atom stereocenters. The predicted molar refractivity (Wildman–Crippen MR) is 39.5 cm³/mol. The average Bonchev–Trinajstić information content (AvgIpc) is 2.12. The van der Waals surface area contributed by atoms with E-state index in [-0.39, 0.29) is 0 Å². The van der Waals surface area contributed by atoms with E-state index in [0.717, 1.165) is 7.11 Å². The van der Waals surface area contributed by atoms with Gasteiger partial charge in [-0.05, 0) is 0 Å². The van der Waals surface area contributed by atoms with E-state index in [4.69, 9.17) is 0 Å². The Morgan fingerprint density at radius 2 is 1.71 bits per heavy atom. The fourth-order valence-electron chi connectivity index (χ4n) is 0.929. The van der Waals surface area contributed by atoms with Crippen LogP contribution in [0.5, 0.6) is 11.5 Å². The summed E-state index contributed by atoms with van der Waals surface area (Å²) < 4.78 is 58.6. The van der Waals surface area contributed by atoms with Crippen LogP contribution in [0.1, 0.15) is 0 Å². The van der Waals surface area contributed by atoms with Crippen LogP contribution >= 0.6 is 0 Å². The fraction of sp³-hybridized carbons (Fsp3) is 0.250. The van der Waals surface area contributed by atoms with Crippen molar-refractivity contribution >= 4 is 0 Å².